The van der Waals surface area contributed by atoms with E-state index in [2.05, 4.69) is 10.1 Å². The van der Waals surface area contributed by atoms with Gasteiger partial charge in [-0.25, -0.2) is 18.9 Å². The third-order valence-electron chi connectivity index (χ3n) is 4.89. The summed E-state index contributed by atoms with van der Waals surface area (Å²) in [7, 11) is 1.27. The molecule has 0 aliphatic heterocycles. The van der Waals surface area contributed by atoms with Gasteiger partial charge >= 0.3 is 5.97 Å². The summed E-state index contributed by atoms with van der Waals surface area (Å²) in [6.07, 6.45) is 0. The molecule has 1 atom stereocenters. The minimum Gasteiger partial charge on any atom is -0.467 e. The number of methoxy groups -OCH3 is 1. The maximum Gasteiger partial charge on any atom is 0.328 e. The molecule has 31 heavy (non-hydrogen) atoms. The summed E-state index contributed by atoms with van der Waals surface area (Å²) in [6.45, 7) is 5.52. The molecule has 2 aromatic carbocycles. The lowest BCUT2D eigenvalue weighted by Crippen LogP contribution is -2.43. The first-order valence-corrected chi connectivity index (χ1v) is 9.98. The number of hydrogen-bond acceptors (Lipinski definition) is 5. The summed E-state index contributed by atoms with van der Waals surface area (Å²) in [5, 5.41) is 4.31. The number of hydrogen-bond donors (Lipinski definition) is 0. The van der Waals surface area contributed by atoms with Crippen LogP contribution in [0.5, 0.6) is 0 Å². The van der Waals surface area contributed by atoms with E-state index >= 15 is 0 Å². The Morgan fingerprint density at radius 2 is 1.71 bits per heavy atom. The largest absolute Gasteiger partial charge is 0.467 e. The van der Waals surface area contributed by atoms with Crippen molar-refractivity contribution in [1.82, 2.24) is 19.7 Å². The molecule has 1 aromatic heterocycles. The number of esters is 1. The molecule has 0 N–H and O–H groups in total. The molecule has 1 amide bonds. The molecule has 0 unspecified atom stereocenters. The van der Waals surface area contributed by atoms with Crippen molar-refractivity contribution in [2.24, 2.45) is 0 Å². The number of para-hydroxylation sites is 1. The molecule has 0 spiro atoms. The molecule has 162 valence electrons. The second kappa shape index (κ2) is 9.51. The first-order valence-electron chi connectivity index (χ1n) is 9.98. The third kappa shape index (κ3) is 4.79. The van der Waals surface area contributed by atoms with E-state index in [1.165, 1.54) is 22.8 Å². The highest BCUT2D eigenvalue weighted by atomic mass is 19.1. The molecule has 0 bridgehead atoms. The SMILES string of the molecule is COC(=O)[C@H](C)N(Cc1ccccc1)C(=O)c1nc(C(C)C)n(-c2ccccc2F)n1. The summed E-state index contributed by atoms with van der Waals surface area (Å²) in [6, 6.07) is 14.6. The fourth-order valence-corrected chi connectivity index (χ4v) is 3.18. The molecule has 0 saturated heterocycles. The zero-order valence-corrected chi connectivity index (χ0v) is 17.9. The van der Waals surface area contributed by atoms with Gasteiger partial charge in [0.2, 0.25) is 5.82 Å². The highest BCUT2D eigenvalue weighted by Gasteiger charge is 2.31. The highest BCUT2D eigenvalue weighted by molar-refractivity contribution is 5.93. The van der Waals surface area contributed by atoms with Crippen LogP contribution in [0.2, 0.25) is 0 Å². The number of amides is 1. The standard InChI is InChI=1S/C23H25FN4O3/c1-15(2)21-25-20(26-28(21)19-13-9-8-12-18(19)24)22(29)27(16(3)23(30)31-4)14-17-10-6-5-7-11-17/h5-13,15-16H,14H2,1-4H3/t16-/m0/s1. The zero-order chi connectivity index (χ0) is 22.5. The predicted molar refractivity (Wildman–Crippen MR) is 113 cm³/mol. The molecule has 0 radical (unpaired) electrons. The van der Waals surface area contributed by atoms with Crippen molar-refractivity contribution in [2.75, 3.05) is 7.11 Å². The van der Waals surface area contributed by atoms with Gasteiger partial charge in [-0.15, -0.1) is 5.10 Å². The van der Waals surface area contributed by atoms with E-state index in [0.29, 0.717) is 5.82 Å². The number of benzene rings is 2. The van der Waals surface area contributed by atoms with Gasteiger partial charge in [0.25, 0.3) is 5.91 Å². The van der Waals surface area contributed by atoms with Crippen LogP contribution in [0.1, 0.15) is 48.7 Å². The summed E-state index contributed by atoms with van der Waals surface area (Å²) >= 11 is 0. The van der Waals surface area contributed by atoms with Gasteiger partial charge in [-0.1, -0.05) is 56.3 Å². The van der Waals surface area contributed by atoms with Gasteiger partial charge in [0.05, 0.1) is 7.11 Å². The molecule has 0 aliphatic carbocycles. The lowest BCUT2D eigenvalue weighted by atomic mass is 10.1. The normalized spacial score (nSPS) is 11.9. The first kappa shape index (κ1) is 22.1. The molecular formula is C23H25FN4O3. The number of ether oxygens (including phenoxy) is 1. The van der Waals surface area contributed by atoms with Crippen LogP contribution in [0, 0.1) is 5.82 Å². The van der Waals surface area contributed by atoms with Crippen LogP contribution in [0.3, 0.4) is 0 Å². The molecule has 0 fully saturated rings. The Labute approximate surface area is 180 Å². The van der Waals surface area contributed by atoms with E-state index in [0.717, 1.165) is 5.56 Å². The summed E-state index contributed by atoms with van der Waals surface area (Å²) in [5.74, 6) is -1.36. The second-order valence-corrected chi connectivity index (χ2v) is 7.43. The van der Waals surface area contributed by atoms with Gasteiger partial charge in [0.1, 0.15) is 23.4 Å². The van der Waals surface area contributed by atoms with Crippen molar-refractivity contribution in [3.05, 3.63) is 77.6 Å². The van der Waals surface area contributed by atoms with E-state index < -0.39 is 23.7 Å². The molecule has 7 nitrogen and oxygen atoms in total. The monoisotopic (exact) mass is 424 g/mol. The maximum absolute atomic E-state index is 14.4. The van der Waals surface area contributed by atoms with Crippen LogP contribution in [-0.2, 0) is 16.1 Å². The number of carbonyl (C=O) groups excluding carboxylic acids is 2. The molecule has 3 rings (SSSR count). The zero-order valence-electron chi connectivity index (χ0n) is 17.9. The number of rotatable bonds is 7. The smallest absolute Gasteiger partial charge is 0.328 e. The van der Waals surface area contributed by atoms with Crippen molar-refractivity contribution in [3.8, 4) is 5.69 Å². The fraction of sp³-hybridized carbons (Fsp3) is 0.304. The molecular weight excluding hydrogens is 399 g/mol. The van der Waals surface area contributed by atoms with Crippen molar-refractivity contribution in [3.63, 3.8) is 0 Å². The van der Waals surface area contributed by atoms with Crippen molar-refractivity contribution in [2.45, 2.75) is 39.3 Å². The fourth-order valence-electron chi connectivity index (χ4n) is 3.18. The predicted octanol–water partition coefficient (Wildman–Crippen LogP) is 3.73. The van der Waals surface area contributed by atoms with Gasteiger partial charge in [-0.2, -0.15) is 0 Å². The number of nitrogens with zero attached hydrogens (tertiary/aromatic N) is 4. The molecule has 8 heteroatoms. The van der Waals surface area contributed by atoms with Crippen LogP contribution in [0.4, 0.5) is 4.39 Å². The van der Waals surface area contributed by atoms with Crippen molar-refractivity contribution in [1.29, 1.82) is 0 Å². The molecule has 0 saturated carbocycles. The Hall–Kier alpha value is -3.55. The maximum atomic E-state index is 14.4. The Bertz CT molecular complexity index is 1070. The average molecular weight is 424 g/mol. The minimum absolute atomic E-state index is 0.112. The van der Waals surface area contributed by atoms with Crippen LogP contribution >= 0.6 is 0 Å². The van der Waals surface area contributed by atoms with Crippen LogP contribution < -0.4 is 0 Å². The summed E-state index contributed by atoms with van der Waals surface area (Å²) in [5.41, 5.74) is 1.04. The number of aromatic nitrogens is 3. The van der Waals surface area contributed by atoms with E-state index in [1.807, 2.05) is 44.2 Å². The summed E-state index contributed by atoms with van der Waals surface area (Å²) < 4.78 is 20.6. The van der Waals surface area contributed by atoms with Gasteiger partial charge in [0, 0.05) is 12.5 Å². The number of carbonyl (C=O) groups is 2. The van der Waals surface area contributed by atoms with Gasteiger partial charge in [0.15, 0.2) is 0 Å². The quantitative estimate of drug-likeness (QED) is 0.540. The Morgan fingerprint density at radius 1 is 1.06 bits per heavy atom. The minimum atomic E-state index is -0.861. The van der Waals surface area contributed by atoms with E-state index in [4.69, 9.17) is 4.74 Å². The van der Waals surface area contributed by atoms with Crippen LogP contribution in [0.25, 0.3) is 5.69 Å². The Morgan fingerprint density at radius 3 is 2.32 bits per heavy atom. The molecule has 3 aromatic rings. The Balaban J connectivity index is 2.03. The molecule has 0 aliphatic rings. The molecule has 1 heterocycles. The number of halogens is 1. The van der Waals surface area contributed by atoms with E-state index in [1.54, 1.807) is 25.1 Å². The van der Waals surface area contributed by atoms with Gasteiger partial charge < -0.3 is 9.64 Å². The topological polar surface area (TPSA) is 77.3 Å². The van der Waals surface area contributed by atoms with Crippen LogP contribution in [-0.4, -0.2) is 44.7 Å². The van der Waals surface area contributed by atoms with E-state index in [9.17, 15) is 14.0 Å². The summed E-state index contributed by atoms with van der Waals surface area (Å²) in [4.78, 5) is 31.4. The van der Waals surface area contributed by atoms with Crippen LogP contribution in [0.15, 0.2) is 54.6 Å². The lowest BCUT2D eigenvalue weighted by molar-refractivity contribution is -0.145. The first-order chi connectivity index (χ1) is 14.8. The highest BCUT2D eigenvalue weighted by Crippen LogP contribution is 2.21. The van der Waals surface area contributed by atoms with Gasteiger partial charge in [-0.3, -0.25) is 4.79 Å². The van der Waals surface area contributed by atoms with Crippen molar-refractivity contribution < 1.29 is 18.7 Å². The average Bonchev–Trinajstić information content (AvgIpc) is 3.22. The third-order valence-corrected chi connectivity index (χ3v) is 4.89. The van der Waals surface area contributed by atoms with E-state index in [-0.39, 0.29) is 24.0 Å². The Kier molecular flexibility index (Phi) is 6.79. The lowest BCUT2D eigenvalue weighted by Gasteiger charge is -2.26. The van der Waals surface area contributed by atoms with Crippen molar-refractivity contribution >= 4 is 11.9 Å². The second-order valence-electron chi connectivity index (χ2n) is 7.43. The van der Waals surface area contributed by atoms with Gasteiger partial charge in [-0.05, 0) is 24.6 Å².